The molecule has 1 heterocycles. The normalized spacial score (nSPS) is 20.4. The van der Waals surface area contributed by atoms with E-state index in [0.717, 1.165) is 18.7 Å². The molecule has 1 aliphatic rings. The zero-order valence-corrected chi connectivity index (χ0v) is 11.2. The van der Waals surface area contributed by atoms with Gasteiger partial charge in [-0.15, -0.1) is 0 Å². The van der Waals surface area contributed by atoms with Crippen LogP contribution in [0.3, 0.4) is 0 Å². The number of rotatable bonds is 3. The smallest absolute Gasteiger partial charge is 0.227 e. The minimum atomic E-state index is 0.201. The summed E-state index contributed by atoms with van der Waals surface area (Å²) in [6.07, 6.45) is 1.60. The second kappa shape index (κ2) is 5.53. The van der Waals surface area contributed by atoms with Crippen molar-refractivity contribution in [1.29, 1.82) is 0 Å². The van der Waals surface area contributed by atoms with Crippen molar-refractivity contribution >= 4 is 11.6 Å². The maximum atomic E-state index is 12.3. The Hall–Kier alpha value is -1.35. The molecule has 0 saturated heterocycles. The number of hydrogen-bond donors (Lipinski definition) is 1. The Bertz CT molecular complexity index is 430. The first-order valence-electron chi connectivity index (χ1n) is 6.70. The number of anilines is 1. The maximum Gasteiger partial charge on any atom is 0.227 e. The van der Waals surface area contributed by atoms with Crippen LogP contribution < -0.4 is 10.6 Å². The highest BCUT2D eigenvalue weighted by Gasteiger charge is 2.26. The third-order valence-corrected chi connectivity index (χ3v) is 3.57. The fourth-order valence-corrected chi connectivity index (χ4v) is 2.52. The van der Waals surface area contributed by atoms with Gasteiger partial charge in [-0.3, -0.25) is 4.79 Å². The van der Waals surface area contributed by atoms with Crippen molar-refractivity contribution in [3.05, 3.63) is 29.8 Å². The lowest BCUT2D eigenvalue weighted by molar-refractivity contribution is -0.119. The van der Waals surface area contributed by atoms with Gasteiger partial charge in [0.1, 0.15) is 0 Å². The van der Waals surface area contributed by atoms with Gasteiger partial charge >= 0.3 is 0 Å². The minimum absolute atomic E-state index is 0.201. The topological polar surface area (TPSA) is 46.3 Å². The molecule has 1 amide bonds. The van der Waals surface area contributed by atoms with Gasteiger partial charge in [-0.25, -0.2) is 0 Å². The first-order chi connectivity index (χ1) is 8.61. The summed E-state index contributed by atoms with van der Waals surface area (Å²) in [5, 5.41) is 0. The predicted molar refractivity (Wildman–Crippen MR) is 74.5 cm³/mol. The molecule has 1 aromatic rings. The number of benzene rings is 1. The molecular weight excluding hydrogens is 224 g/mol. The molecule has 0 spiro atoms. The van der Waals surface area contributed by atoms with Gasteiger partial charge in [-0.05, 0) is 36.4 Å². The molecule has 0 fully saturated rings. The van der Waals surface area contributed by atoms with Crippen LogP contribution in [-0.4, -0.2) is 19.0 Å². The molecule has 1 aromatic carbocycles. The molecule has 98 valence electrons. The Morgan fingerprint density at radius 3 is 2.94 bits per heavy atom. The van der Waals surface area contributed by atoms with Crippen LogP contribution in [0, 0.1) is 11.8 Å². The standard InChI is InChI=1S/C15H22N2O/c1-11(9-16)8-15(18)17-10-12(2)7-13-5-3-4-6-14(13)17/h3-6,11-12H,7-10,16H2,1-2H3. The fourth-order valence-electron chi connectivity index (χ4n) is 2.52. The zero-order chi connectivity index (χ0) is 13.1. The quantitative estimate of drug-likeness (QED) is 0.888. The predicted octanol–water partition coefficient (Wildman–Crippen LogP) is 2.20. The summed E-state index contributed by atoms with van der Waals surface area (Å²) in [5.74, 6) is 0.978. The number of nitrogens with zero attached hydrogens (tertiary/aromatic N) is 1. The number of amides is 1. The molecule has 2 N–H and O–H groups in total. The average molecular weight is 246 g/mol. The van der Waals surface area contributed by atoms with Crippen LogP contribution in [0.4, 0.5) is 5.69 Å². The SMILES string of the molecule is CC(CN)CC(=O)N1CC(C)Cc2ccccc21. The zero-order valence-electron chi connectivity index (χ0n) is 11.2. The summed E-state index contributed by atoms with van der Waals surface area (Å²) < 4.78 is 0. The van der Waals surface area contributed by atoms with E-state index in [0.29, 0.717) is 18.9 Å². The minimum Gasteiger partial charge on any atom is -0.330 e. The monoisotopic (exact) mass is 246 g/mol. The number of fused-ring (bicyclic) bond motifs is 1. The Labute approximate surface area is 109 Å². The summed E-state index contributed by atoms with van der Waals surface area (Å²) in [5.41, 5.74) is 7.97. The van der Waals surface area contributed by atoms with E-state index in [1.54, 1.807) is 0 Å². The number of carbonyl (C=O) groups excluding carboxylic acids is 1. The maximum absolute atomic E-state index is 12.3. The molecule has 3 nitrogen and oxygen atoms in total. The first kappa shape index (κ1) is 13.1. The molecule has 0 bridgehead atoms. The Morgan fingerprint density at radius 2 is 2.22 bits per heavy atom. The molecule has 0 aliphatic carbocycles. The van der Waals surface area contributed by atoms with Crippen LogP contribution in [0.2, 0.25) is 0 Å². The van der Waals surface area contributed by atoms with Gasteiger partial charge in [0.05, 0.1) is 0 Å². The van der Waals surface area contributed by atoms with Crippen molar-refractivity contribution in [1.82, 2.24) is 0 Å². The van der Waals surface area contributed by atoms with Crippen molar-refractivity contribution < 1.29 is 4.79 Å². The fraction of sp³-hybridized carbons (Fsp3) is 0.533. The molecule has 2 atom stereocenters. The Morgan fingerprint density at radius 1 is 1.50 bits per heavy atom. The highest BCUT2D eigenvalue weighted by molar-refractivity contribution is 5.94. The molecule has 0 saturated carbocycles. The molecule has 1 aliphatic heterocycles. The van der Waals surface area contributed by atoms with Gasteiger partial charge in [-0.1, -0.05) is 32.0 Å². The van der Waals surface area contributed by atoms with E-state index in [1.807, 2.05) is 30.0 Å². The molecule has 2 rings (SSSR count). The van der Waals surface area contributed by atoms with Gasteiger partial charge in [0.2, 0.25) is 5.91 Å². The molecular formula is C15H22N2O. The van der Waals surface area contributed by atoms with Crippen LogP contribution in [0.1, 0.15) is 25.8 Å². The summed E-state index contributed by atoms with van der Waals surface area (Å²) in [7, 11) is 0. The lowest BCUT2D eigenvalue weighted by Gasteiger charge is -2.33. The van der Waals surface area contributed by atoms with Crippen LogP contribution in [0.5, 0.6) is 0 Å². The van der Waals surface area contributed by atoms with Crippen molar-refractivity contribution in [3.63, 3.8) is 0 Å². The summed E-state index contributed by atoms with van der Waals surface area (Å²) in [4.78, 5) is 14.3. The van der Waals surface area contributed by atoms with E-state index >= 15 is 0 Å². The van der Waals surface area contributed by atoms with E-state index in [9.17, 15) is 4.79 Å². The first-order valence-corrected chi connectivity index (χ1v) is 6.70. The van der Waals surface area contributed by atoms with Crippen molar-refractivity contribution in [2.45, 2.75) is 26.7 Å². The molecule has 2 unspecified atom stereocenters. The number of carbonyl (C=O) groups is 1. The van der Waals surface area contributed by atoms with Gasteiger partial charge < -0.3 is 10.6 Å². The summed E-state index contributed by atoms with van der Waals surface area (Å²) >= 11 is 0. The third kappa shape index (κ3) is 2.72. The molecule has 18 heavy (non-hydrogen) atoms. The lowest BCUT2D eigenvalue weighted by atomic mass is 9.93. The van der Waals surface area contributed by atoms with Gasteiger partial charge in [-0.2, -0.15) is 0 Å². The second-order valence-corrected chi connectivity index (χ2v) is 5.49. The number of hydrogen-bond acceptors (Lipinski definition) is 2. The van der Waals surface area contributed by atoms with E-state index < -0.39 is 0 Å². The van der Waals surface area contributed by atoms with Crippen molar-refractivity contribution in [3.8, 4) is 0 Å². The van der Waals surface area contributed by atoms with E-state index in [-0.39, 0.29) is 11.8 Å². The van der Waals surface area contributed by atoms with E-state index in [2.05, 4.69) is 13.0 Å². The van der Waals surface area contributed by atoms with Crippen LogP contribution >= 0.6 is 0 Å². The second-order valence-electron chi connectivity index (χ2n) is 5.49. The van der Waals surface area contributed by atoms with Crippen LogP contribution in [0.25, 0.3) is 0 Å². The van der Waals surface area contributed by atoms with Crippen LogP contribution in [-0.2, 0) is 11.2 Å². The Kier molecular flexibility index (Phi) is 4.02. The molecule has 0 aromatic heterocycles. The Balaban J connectivity index is 2.20. The lowest BCUT2D eigenvalue weighted by Crippen LogP contribution is -2.40. The number of nitrogens with two attached hydrogens (primary N) is 1. The van der Waals surface area contributed by atoms with Gasteiger partial charge in [0.15, 0.2) is 0 Å². The summed E-state index contributed by atoms with van der Waals surface area (Å²) in [6, 6.07) is 8.22. The van der Waals surface area contributed by atoms with Gasteiger partial charge in [0, 0.05) is 18.7 Å². The van der Waals surface area contributed by atoms with E-state index in [1.165, 1.54) is 5.56 Å². The highest BCUT2D eigenvalue weighted by Crippen LogP contribution is 2.30. The van der Waals surface area contributed by atoms with Crippen molar-refractivity contribution in [2.75, 3.05) is 18.0 Å². The van der Waals surface area contributed by atoms with Crippen molar-refractivity contribution in [2.24, 2.45) is 17.6 Å². The van der Waals surface area contributed by atoms with Crippen LogP contribution in [0.15, 0.2) is 24.3 Å². The molecule has 0 radical (unpaired) electrons. The molecule has 3 heteroatoms. The average Bonchev–Trinajstić information content (AvgIpc) is 2.37. The number of para-hydroxylation sites is 1. The van der Waals surface area contributed by atoms with E-state index in [4.69, 9.17) is 5.73 Å². The van der Waals surface area contributed by atoms with Gasteiger partial charge in [0.25, 0.3) is 0 Å². The summed E-state index contributed by atoms with van der Waals surface area (Å²) in [6.45, 7) is 5.61. The highest BCUT2D eigenvalue weighted by atomic mass is 16.2. The largest absolute Gasteiger partial charge is 0.330 e. The third-order valence-electron chi connectivity index (χ3n) is 3.57.